The van der Waals surface area contributed by atoms with Crippen LogP contribution in [0, 0.1) is 0 Å². The summed E-state index contributed by atoms with van der Waals surface area (Å²) in [6.45, 7) is 6.51. The largest absolute Gasteiger partial charge is 0.474 e. The average Bonchev–Trinajstić information content (AvgIpc) is 2.74. The van der Waals surface area contributed by atoms with E-state index in [1.807, 2.05) is 24.3 Å². The van der Waals surface area contributed by atoms with E-state index in [1.54, 1.807) is 6.07 Å². The van der Waals surface area contributed by atoms with E-state index < -0.39 is 5.91 Å². The molecule has 0 aliphatic carbocycles. The molecule has 0 aliphatic heterocycles. The van der Waals surface area contributed by atoms with Gasteiger partial charge >= 0.3 is 0 Å². The minimum absolute atomic E-state index is 0.425. The van der Waals surface area contributed by atoms with Crippen molar-refractivity contribution in [2.75, 3.05) is 0 Å². The van der Waals surface area contributed by atoms with Crippen molar-refractivity contribution in [1.29, 1.82) is 0 Å². The van der Waals surface area contributed by atoms with E-state index in [2.05, 4.69) is 22.9 Å². The van der Waals surface area contributed by atoms with E-state index >= 15 is 0 Å². The van der Waals surface area contributed by atoms with E-state index in [0.29, 0.717) is 5.69 Å². The first-order chi connectivity index (χ1) is 8.19. The van der Waals surface area contributed by atoms with Crippen LogP contribution in [0.1, 0.15) is 10.5 Å². The van der Waals surface area contributed by atoms with Gasteiger partial charge in [-0.05, 0) is 12.1 Å². The molecule has 0 saturated heterocycles. The molecule has 1 heterocycles. The fourth-order valence-corrected chi connectivity index (χ4v) is 1.27. The van der Waals surface area contributed by atoms with Crippen molar-refractivity contribution in [3.8, 4) is 0 Å². The summed E-state index contributed by atoms with van der Waals surface area (Å²) in [5.74, 6) is -0.425. The standard InChI is InChI=1S/C9H8N2O.C4H6O/c10-9(12)8-5-6-3-1-2-4-7(6)11-8;1-3-5-4-2/h1-5,11H,(H2,10,12);3-4H,1-2H2. The molecule has 0 saturated carbocycles. The van der Waals surface area contributed by atoms with Gasteiger partial charge in [0.1, 0.15) is 5.69 Å². The number of nitrogens with two attached hydrogens (primary N) is 1. The Hall–Kier alpha value is -2.49. The van der Waals surface area contributed by atoms with Crippen LogP contribution >= 0.6 is 0 Å². The van der Waals surface area contributed by atoms with Gasteiger partial charge in [0, 0.05) is 10.9 Å². The van der Waals surface area contributed by atoms with Crippen molar-refractivity contribution < 1.29 is 9.53 Å². The molecule has 4 nitrogen and oxygen atoms in total. The zero-order valence-electron chi connectivity index (χ0n) is 9.35. The first kappa shape index (κ1) is 12.6. The summed E-state index contributed by atoms with van der Waals surface area (Å²) in [6.07, 6.45) is 2.62. The highest BCUT2D eigenvalue weighted by atomic mass is 16.5. The maximum absolute atomic E-state index is 10.8. The van der Waals surface area contributed by atoms with E-state index in [0.717, 1.165) is 10.9 Å². The summed E-state index contributed by atoms with van der Waals surface area (Å²) in [7, 11) is 0. The molecule has 3 N–H and O–H groups in total. The Bertz CT molecular complexity index is 490. The first-order valence-electron chi connectivity index (χ1n) is 4.94. The third kappa shape index (κ3) is 3.53. The predicted molar refractivity (Wildman–Crippen MR) is 68.3 cm³/mol. The number of fused-ring (bicyclic) bond motifs is 1. The summed E-state index contributed by atoms with van der Waals surface area (Å²) in [6, 6.07) is 9.41. The van der Waals surface area contributed by atoms with E-state index in [4.69, 9.17) is 5.73 Å². The number of H-pyrrole nitrogens is 1. The average molecular weight is 230 g/mol. The number of hydrogen-bond acceptors (Lipinski definition) is 2. The molecule has 1 aromatic heterocycles. The zero-order valence-corrected chi connectivity index (χ0v) is 9.35. The van der Waals surface area contributed by atoms with E-state index in [9.17, 15) is 4.79 Å². The third-order valence-corrected chi connectivity index (χ3v) is 1.99. The third-order valence-electron chi connectivity index (χ3n) is 1.99. The minimum atomic E-state index is -0.425. The van der Waals surface area contributed by atoms with Gasteiger partial charge in [-0.15, -0.1) is 0 Å². The number of aromatic amines is 1. The van der Waals surface area contributed by atoms with Gasteiger partial charge in [0.25, 0.3) is 5.91 Å². The highest BCUT2D eigenvalue weighted by Gasteiger charge is 2.03. The van der Waals surface area contributed by atoms with Gasteiger partial charge in [0.2, 0.25) is 0 Å². The number of primary amides is 1. The molecule has 1 amide bonds. The van der Waals surface area contributed by atoms with Crippen molar-refractivity contribution in [1.82, 2.24) is 4.98 Å². The maximum Gasteiger partial charge on any atom is 0.265 e. The van der Waals surface area contributed by atoms with E-state index in [1.165, 1.54) is 12.5 Å². The number of aromatic nitrogens is 1. The molecule has 2 aromatic rings. The van der Waals surface area contributed by atoms with Crippen LogP contribution in [0.25, 0.3) is 10.9 Å². The van der Waals surface area contributed by atoms with Gasteiger partial charge < -0.3 is 15.5 Å². The second kappa shape index (κ2) is 6.17. The van der Waals surface area contributed by atoms with Crippen LogP contribution in [0.2, 0.25) is 0 Å². The molecule has 0 radical (unpaired) electrons. The lowest BCUT2D eigenvalue weighted by atomic mass is 10.2. The highest BCUT2D eigenvalue weighted by molar-refractivity contribution is 5.96. The predicted octanol–water partition coefficient (Wildman–Crippen LogP) is 2.56. The molecule has 17 heavy (non-hydrogen) atoms. The van der Waals surface area contributed by atoms with Crippen molar-refractivity contribution in [2.24, 2.45) is 5.73 Å². The molecule has 0 fully saturated rings. The minimum Gasteiger partial charge on any atom is -0.474 e. The number of benzene rings is 1. The number of hydrogen-bond donors (Lipinski definition) is 2. The Labute approximate surface area is 99.4 Å². The fraction of sp³-hybridized carbons (Fsp3) is 0. The second-order valence-electron chi connectivity index (χ2n) is 3.10. The van der Waals surface area contributed by atoms with Crippen molar-refractivity contribution in [2.45, 2.75) is 0 Å². The van der Waals surface area contributed by atoms with Gasteiger partial charge in [-0.2, -0.15) is 0 Å². The topological polar surface area (TPSA) is 68.1 Å². The van der Waals surface area contributed by atoms with Gasteiger partial charge in [0.15, 0.2) is 0 Å². The molecule has 88 valence electrons. The SMILES string of the molecule is C=COC=C.NC(=O)c1cc2ccccc2[nH]1. The Balaban J connectivity index is 0.000000249. The van der Waals surface area contributed by atoms with Gasteiger partial charge in [0.05, 0.1) is 12.5 Å². The Morgan fingerprint density at radius 3 is 2.41 bits per heavy atom. The number of nitrogens with one attached hydrogen (secondary N) is 1. The Morgan fingerprint density at radius 1 is 1.29 bits per heavy atom. The monoisotopic (exact) mass is 230 g/mol. The van der Waals surface area contributed by atoms with Crippen molar-refractivity contribution in [3.05, 3.63) is 61.7 Å². The highest BCUT2D eigenvalue weighted by Crippen LogP contribution is 2.13. The molecule has 4 heteroatoms. The Kier molecular flexibility index (Phi) is 4.57. The summed E-state index contributed by atoms with van der Waals surface area (Å²) < 4.78 is 4.36. The lowest BCUT2D eigenvalue weighted by Crippen LogP contribution is -2.10. The molecule has 2 rings (SSSR count). The number of ether oxygens (including phenoxy) is 1. The smallest absolute Gasteiger partial charge is 0.265 e. The van der Waals surface area contributed by atoms with Gasteiger partial charge in [-0.3, -0.25) is 4.79 Å². The molecule has 0 atom stereocenters. The van der Waals surface area contributed by atoms with Crippen LogP contribution in [0.3, 0.4) is 0 Å². The van der Waals surface area contributed by atoms with Crippen LogP contribution in [-0.4, -0.2) is 10.9 Å². The summed E-state index contributed by atoms with van der Waals surface area (Å²) >= 11 is 0. The molecule has 0 bridgehead atoms. The number of carbonyl (C=O) groups is 1. The maximum atomic E-state index is 10.8. The molecule has 0 aliphatic rings. The lowest BCUT2D eigenvalue weighted by molar-refractivity contribution is 0.0996. The number of carbonyl (C=O) groups excluding carboxylic acids is 1. The molecular weight excluding hydrogens is 216 g/mol. The first-order valence-corrected chi connectivity index (χ1v) is 4.94. The summed E-state index contributed by atoms with van der Waals surface area (Å²) in [4.78, 5) is 13.7. The van der Waals surface area contributed by atoms with Crippen molar-refractivity contribution >= 4 is 16.8 Å². The number of rotatable bonds is 3. The van der Waals surface area contributed by atoms with Crippen LogP contribution in [0.4, 0.5) is 0 Å². The summed E-state index contributed by atoms with van der Waals surface area (Å²) in [5.41, 5.74) is 6.50. The van der Waals surface area contributed by atoms with Crippen LogP contribution in [-0.2, 0) is 4.74 Å². The summed E-state index contributed by atoms with van der Waals surface area (Å²) in [5, 5.41) is 1.01. The van der Waals surface area contributed by atoms with Crippen molar-refractivity contribution in [3.63, 3.8) is 0 Å². The number of amides is 1. The lowest BCUT2D eigenvalue weighted by Gasteiger charge is -1.85. The van der Waals surface area contributed by atoms with E-state index in [-0.39, 0.29) is 0 Å². The van der Waals surface area contributed by atoms with Crippen LogP contribution < -0.4 is 5.73 Å². The number of para-hydroxylation sites is 1. The van der Waals surface area contributed by atoms with Crippen LogP contribution in [0.5, 0.6) is 0 Å². The fourth-order valence-electron chi connectivity index (χ4n) is 1.27. The normalized spacial score (nSPS) is 8.94. The second-order valence-corrected chi connectivity index (χ2v) is 3.10. The quantitative estimate of drug-likeness (QED) is 0.795. The van der Waals surface area contributed by atoms with Gasteiger partial charge in [-0.1, -0.05) is 31.4 Å². The zero-order chi connectivity index (χ0) is 12.7. The molecular formula is C13H14N2O2. The molecule has 0 spiro atoms. The van der Waals surface area contributed by atoms with Crippen LogP contribution in [0.15, 0.2) is 56.0 Å². The molecule has 0 unspecified atom stereocenters. The Morgan fingerprint density at radius 2 is 1.94 bits per heavy atom. The molecule has 1 aromatic carbocycles. The van der Waals surface area contributed by atoms with Gasteiger partial charge in [-0.25, -0.2) is 0 Å².